The zero-order valence-corrected chi connectivity index (χ0v) is 20.6. The quantitative estimate of drug-likeness (QED) is 0.109. The summed E-state index contributed by atoms with van der Waals surface area (Å²) in [4.78, 5) is 10.9. The minimum Gasteiger partial charge on any atom is -0.375 e. The second kappa shape index (κ2) is 13.9. The maximum atomic E-state index is 11.3. The van der Waals surface area contributed by atoms with Crippen molar-refractivity contribution < 1.29 is 19.9 Å². The number of nitrogens with zero attached hydrogens (tertiary/aromatic N) is 1. The standard InChI is InChI=1S/C24H43N3O5/c1-7-9-10-11-17(3)12-13-18(8-2)22(28)25-20-15-14-19(27(30)31)16-21(20)26-23(29)32-24(4,5)6/h12-14,20-23,25-26,28-29H,7-11,15-16H2,1-6H3/b17-12+,18-13+. The molecule has 1 aliphatic carbocycles. The summed E-state index contributed by atoms with van der Waals surface area (Å²) >= 11 is 0. The van der Waals surface area contributed by atoms with Crippen LogP contribution in [0.4, 0.5) is 0 Å². The lowest BCUT2D eigenvalue weighted by Crippen LogP contribution is -2.56. The summed E-state index contributed by atoms with van der Waals surface area (Å²) in [5, 5.41) is 38.5. The monoisotopic (exact) mass is 453 g/mol. The molecule has 0 aromatic heterocycles. The van der Waals surface area contributed by atoms with Gasteiger partial charge in [-0.1, -0.05) is 44.4 Å². The van der Waals surface area contributed by atoms with Crippen LogP contribution in [0.1, 0.15) is 86.5 Å². The fourth-order valence-electron chi connectivity index (χ4n) is 3.64. The normalized spacial score (nSPS) is 22.4. The van der Waals surface area contributed by atoms with Crippen molar-refractivity contribution in [1.29, 1.82) is 0 Å². The van der Waals surface area contributed by atoms with E-state index >= 15 is 0 Å². The first-order valence-corrected chi connectivity index (χ1v) is 11.7. The molecule has 0 spiro atoms. The molecular formula is C24H43N3O5. The Bertz CT molecular complexity index is 682. The molecule has 4 unspecified atom stereocenters. The van der Waals surface area contributed by atoms with Crippen molar-refractivity contribution in [3.8, 4) is 0 Å². The SMILES string of the molecule is CCCCC/C(C)=C/C=C(\CC)C(O)NC1CC=C([N+](=O)[O-])CC1NC(O)OC(C)(C)C. The zero-order valence-electron chi connectivity index (χ0n) is 20.6. The number of rotatable bonds is 13. The molecule has 1 rings (SSSR count). The highest BCUT2D eigenvalue weighted by Gasteiger charge is 2.34. The van der Waals surface area contributed by atoms with Crippen molar-refractivity contribution in [3.05, 3.63) is 45.2 Å². The number of hydrogen-bond acceptors (Lipinski definition) is 7. The molecule has 4 N–H and O–H groups in total. The van der Waals surface area contributed by atoms with Crippen molar-refractivity contribution in [2.24, 2.45) is 0 Å². The van der Waals surface area contributed by atoms with Gasteiger partial charge in [0.15, 0.2) is 0 Å². The number of aliphatic hydroxyl groups excluding tert-OH is 2. The van der Waals surface area contributed by atoms with Crippen LogP contribution in [0.5, 0.6) is 0 Å². The molecule has 0 bridgehead atoms. The Balaban J connectivity index is 2.89. The van der Waals surface area contributed by atoms with Crippen LogP contribution in [-0.4, -0.2) is 45.5 Å². The van der Waals surface area contributed by atoms with E-state index in [1.807, 2.05) is 33.8 Å². The van der Waals surface area contributed by atoms with Gasteiger partial charge in [-0.15, -0.1) is 0 Å². The predicted octanol–water partition coefficient (Wildman–Crippen LogP) is 4.13. The average Bonchev–Trinajstić information content (AvgIpc) is 2.68. The van der Waals surface area contributed by atoms with Gasteiger partial charge in [-0.05, 0) is 65.0 Å². The number of aliphatic hydroxyl groups is 2. The number of unbranched alkanes of at least 4 members (excludes halogenated alkanes) is 2. The van der Waals surface area contributed by atoms with Gasteiger partial charge in [0.05, 0.1) is 16.9 Å². The van der Waals surface area contributed by atoms with E-state index in [0.717, 1.165) is 18.4 Å². The highest BCUT2D eigenvalue weighted by Crippen LogP contribution is 2.22. The van der Waals surface area contributed by atoms with Crippen LogP contribution < -0.4 is 10.6 Å². The topological polar surface area (TPSA) is 117 Å². The van der Waals surface area contributed by atoms with E-state index in [0.29, 0.717) is 12.8 Å². The Morgan fingerprint density at radius 3 is 2.50 bits per heavy atom. The lowest BCUT2D eigenvalue weighted by molar-refractivity contribution is -0.429. The average molecular weight is 454 g/mol. The summed E-state index contributed by atoms with van der Waals surface area (Å²) in [6.45, 7) is 11.7. The van der Waals surface area contributed by atoms with E-state index < -0.39 is 29.2 Å². The summed E-state index contributed by atoms with van der Waals surface area (Å²) in [5.74, 6) is 0. The first-order chi connectivity index (χ1) is 15.0. The van der Waals surface area contributed by atoms with Crippen LogP contribution in [0.2, 0.25) is 0 Å². The molecule has 0 radical (unpaired) electrons. The largest absolute Gasteiger partial charge is 0.375 e. The highest BCUT2D eigenvalue weighted by atomic mass is 16.6. The van der Waals surface area contributed by atoms with E-state index in [1.54, 1.807) is 6.08 Å². The Morgan fingerprint density at radius 2 is 1.94 bits per heavy atom. The molecule has 0 saturated heterocycles. The maximum absolute atomic E-state index is 11.3. The summed E-state index contributed by atoms with van der Waals surface area (Å²) < 4.78 is 5.51. The van der Waals surface area contributed by atoms with Gasteiger partial charge in [-0.25, -0.2) is 0 Å². The van der Waals surface area contributed by atoms with Crippen molar-refractivity contribution in [2.45, 2.75) is 117 Å². The van der Waals surface area contributed by atoms with Crippen molar-refractivity contribution >= 4 is 0 Å². The number of hydrogen-bond donors (Lipinski definition) is 4. The first-order valence-electron chi connectivity index (χ1n) is 11.7. The smallest absolute Gasteiger partial charge is 0.243 e. The number of ether oxygens (including phenoxy) is 1. The van der Waals surface area contributed by atoms with Crippen LogP contribution in [-0.2, 0) is 4.74 Å². The van der Waals surface area contributed by atoms with Crippen molar-refractivity contribution in [2.75, 3.05) is 0 Å². The van der Waals surface area contributed by atoms with Crippen molar-refractivity contribution in [3.63, 3.8) is 0 Å². The van der Waals surface area contributed by atoms with Crippen molar-refractivity contribution in [1.82, 2.24) is 10.6 Å². The van der Waals surface area contributed by atoms with Gasteiger partial charge in [-0.3, -0.25) is 20.7 Å². The summed E-state index contributed by atoms with van der Waals surface area (Å²) in [6.07, 6.45) is 9.17. The third-order valence-corrected chi connectivity index (χ3v) is 5.47. The van der Waals surface area contributed by atoms with Gasteiger partial charge < -0.3 is 14.9 Å². The number of allylic oxidation sites excluding steroid dienone is 3. The van der Waals surface area contributed by atoms with Crippen LogP contribution in [0.25, 0.3) is 0 Å². The third-order valence-electron chi connectivity index (χ3n) is 5.47. The molecule has 0 fully saturated rings. The Hall–Kier alpha value is -1.58. The predicted molar refractivity (Wildman–Crippen MR) is 127 cm³/mol. The van der Waals surface area contributed by atoms with E-state index in [-0.39, 0.29) is 18.2 Å². The minimum absolute atomic E-state index is 0.0925. The fraction of sp³-hybridized carbons (Fsp3) is 0.750. The zero-order chi connectivity index (χ0) is 24.3. The van der Waals surface area contributed by atoms with Crippen LogP contribution in [0.15, 0.2) is 35.1 Å². The Morgan fingerprint density at radius 1 is 1.25 bits per heavy atom. The molecule has 0 saturated carbocycles. The van der Waals surface area contributed by atoms with Gasteiger partial charge in [0.2, 0.25) is 12.1 Å². The fourth-order valence-corrected chi connectivity index (χ4v) is 3.64. The summed E-state index contributed by atoms with van der Waals surface area (Å²) in [7, 11) is 0. The Kier molecular flexibility index (Phi) is 12.3. The van der Waals surface area contributed by atoms with Gasteiger partial charge in [0.1, 0.15) is 6.23 Å². The molecule has 32 heavy (non-hydrogen) atoms. The van der Waals surface area contributed by atoms with E-state index in [4.69, 9.17) is 4.74 Å². The molecular weight excluding hydrogens is 410 g/mol. The molecule has 0 amide bonds. The molecule has 8 heteroatoms. The molecule has 184 valence electrons. The lowest BCUT2D eigenvalue weighted by Gasteiger charge is -2.35. The van der Waals surface area contributed by atoms with Gasteiger partial charge in [0, 0.05) is 12.1 Å². The summed E-state index contributed by atoms with van der Waals surface area (Å²) in [6, 6.07) is -0.784. The van der Waals surface area contributed by atoms with Crippen LogP contribution >= 0.6 is 0 Å². The molecule has 1 aliphatic rings. The van der Waals surface area contributed by atoms with Gasteiger partial charge in [-0.2, -0.15) is 0 Å². The van der Waals surface area contributed by atoms with E-state index in [1.165, 1.54) is 18.4 Å². The number of nitrogens with one attached hydrogen (secondary N) is 2. The molecule has 0 aliphatic heterocycles. The van der Waals surface area contributed by atoms with Gasteiger partial charge >= 0.3 is 0 Å². The molecule has 8 nitrogen and oxygen atoms in total. The third kappa shape index (κ3) is 10.8. The highest BCUT2D eigenvalue weighted by molar-refractivity contribution is 5.20. The van der Waals surface area contributed by atoms with Crippen LogP contribution in [0, 0.1) is 10.1 Å². The maximum Gasteiger partial charge on any atom is 0.243 e. The summed E-state index contributed by atoms with van der Waals surface area (Å²) in [5.41, 5.74) is 1.63. The first kappa shape index (κ1) is 28.5. The molecule has 0 heterocycles. The second-order valence-electron chi connectivity index (χ2n) is 9.49. The van der Waals surface area contributed by atoms with Crippen LogP contribution in [0.3, 0.4) is 0 Å². The molecule has 0 aromatic carbocycles. The molecule has 4 atom stereocenters. The van der Waals surface area contributed by atoms with E-state index in [2.05, 4.69) is 30.6 Å². The second-order valence-corrected chi connectivity index (χ2v) is 9.49. The minimum atomic E-state index is -1.28. The lowest BCUT2D eigenvalue weighted by atomic mass is 9.93. The molecule has 0 aromatic rings. The number of nitro groups is 1. The van der Waals surface area contributed by atoms with Gasteiger partial charge in [0.25, 0.3) is 0 Å². The van der Waals surface area contributed by atoms with E-state index in [9.17, 15) is 20.3 Å². The Labute approximate surface area is 193 Å².